The summed E-state index contributed by atoms with van der Waals surface area (Å²) in [6.45, 7) is 4.70. The number of anilines is 6. The third kappa shape index (κ3) is 5.81. The summed E-state index contributed by atoms with van der Waals surface area (Å²) in [5.41, 5.74) is 14.2. The molecule has 0 spiro atoms. The maximum absolute atomic E-state index is 6.90. The van der Waals surface area contributed by atoms with E-state index in [2.05, 4.69) is 230 Å². The van der Waals surface area contributed by atoms with Gasteiger partial charge in [0.25, 0.3) is 0 Å². The van der Waals surface area contributed by atoms with Crippen LogP contribution < -0.4 is 14.5 Å². The fourth-order valence-electron chi connectivity index (χ4n) is 9.56. The minimum Gasteiger partial charge on any atom is -0.456 e. The van der Waals surface area contributed by atoms with Crippen molar-refractivity contribution >= 4 is 65.7 Å². The number of hydrogen-bond acceptors (Lipinski definition) is 3. The highest BCUT2D eigenvalue weighted by Crippen LogP contribution is 2.53. The number of benzene rings is 9. The lowest BCUT2D eigenvalue weighted by atomic mass is 9.82. The molecule has 1 aliphatic carbocycles. The van der Waals surface area contributed by atoms with Gasteiger partial charge in [0.15, 0.2) is 0 Å². The average Bonchev–Trinajstić information content (AvgIpc) is 3.50. The van der Waals surface area contributed by atoms with Crippen molar-refractivity contribution in [1.29, 1.82) is 0 Å². The van der Waals surface area contributed by atoms with Gasteiger partial charge < -0.3 is 14.5 Å². The van der Waals surface area contributed by atoms with E-state index in [0.29, 0.717) is 0 Å². The number of ether oxygens (including phenoxy) is 1. The Labute approximate surface area is 354 Å². The molecule has 1 aliphatic heterocycles. The summed E-state index contributed by atoms with van der Waals surface area (Å²) in [6, 6.07) is 68.7. The molecule has 60 heavy (non-hydrogen) atoms. The largest absolute Gasteiger partial charge is 0.456 e. The van der Waals surface area contributed by atoms with E-state index in [4.69, 9.17) is 4.74 Å². The van der Waals surface area contributed by atoms with Crippen molar-refractivity contribution in [2.75, 3.05) is 28.6 Å². The highest BCUT2D eigenvalue weighted by molar-refractivity contribution is 8.32. The predicted molar refractivity (Wildman–Crippen MR) is 258 cm³/mol. The first-order valence-corrected chi connectivity index (χ1v) is 23.5. The summed E-state index contributed by atoms with van der Waals surface area (Å²) in [6.07, 6.45) is 7.02. The van der Waals surface area contributed by atoms with E-state index in [1.54, 1.807) is 0 Å². The molecule has 0 saturated carbocycles. The maximum atomic E-state index is 6.90. The Morgan fingerprint density at radius 3 is 1.68 bits per heavy atom. The maximum Gasteiger partial charge on any atom is 0.137 e. The second kappa shape index (κ2) is 13.7. The molecule has 9 aromatic carbocycles. The van der Waals surface area contributed by atoms with Crippen molar-refractivity contribution in [1.82, 2.24) is 0 Å². The van der Waals surface area contributed by atoms with Gasteiger partial charge in [0.2, 0.25) is 0 Å². The van der Waals surface area contributed by atoms with Gasteiger partial charge in [-0.25, -0.2) is 10.0 Å². The van der Waals surface area contributed by atoms with E-state index in [9.17, 15) is 0 Å². The van der Waals surface area contributed by atoms with Gasteiger partial charge in [0, 0.05) is 56.6 Å². The van der Waals surface area contributed by atoms with Crippen molar-refractivity contribution in [2.45, 2.75) is 24.2 Å². The Hall–Kier alpha value is -6.75. The normalized spacial score (nSPS) is 13.6. The van der Waals surface area contributed by atoms with Gasteiger partial charge in [-0.2, -0.15) is 0 Å². The van der Waals surface area contributed by atoms with E-state index in [1.807, 2.05) is 0 Å². The van der Waals surface area contributed by atoms with Crippen LogP contribution in [0.15, 0.2) is 193 Å². The first kappa shape index (κ1) is 36.3. The molecule has 0 aromatic heterocycles. The van der Waals surface area contributed by atoms with Gasteiger partial charge >= 0.3 is 0 Å². The number of fused-ring (bicyclic) bond motifs is 7. The molecule has 0 amide bonds. The molecule has 0 radical (unpaired) electrons. The van der Waals surface area contributed by atoms with Gasteiger partial charge in [-0.3, -0.25) is 0 Å². The van der Waals surface area contributed by atoms with Crippen molar-refractivity contribution in [3.05, 3.63) is 199 Å². The van der Waals surface area contributed by atoms with Crippen LogP contribution in [0.25, 0.3) is 43.8 Å². The molecule has 11 rings (SSSR count). The van der Waals surface area contributed by atoms with Crippen LogP contribution in [0.4, 0.5) is 34.1 Å². The fraction of sp³-hybridized carbons (Fsp3) is 0.107. The summed E-state index contributed by atoms with van der Waals surface area (Å²) in [4.78, 5) is 6.11. The summed E-state index contributed by atoms with van der Waals surface area (Å²) >= 11 is 0. The van der Waals surface area contributed by atoms with Crippen LogP contribution >= 0.6 is 10.0 Å². The molecule has 2 aliphatic rings. The zero-order valence-corrected chi connectivity index (χ0v) is 35.4. The lowest BCUT2D eigenvalue weighted by Crippen LogP contribution is -2.16. The minimum atomic E-state index is -0.838. The Balaban J connectivity index is 1.03. The van der Waals surface area contributed by atoms with E-state index in [1.165, 1.54) is 48.9 Å². The molecular formula is C56H46N2OS. The summed E-state index contributed by atoms with van der Waals surface area (Å²) in [5.74, 6) is 1.74. The van der Waals surface area contributed by atoms with Crippen LogP contribution in [0.1, 0.15) is 25.0 Å². The molecule has 0 unspecified atom stereocenters. The third-order valence-electron chi connectivity index (χ3n) is 12.6. The van der Waals surface area contributed by atoms with Crippen molar-refractivity contribution < 1.29 is 4.74 Å². The zero-order valence-electron chi connectivity index (χ0n) is 34.6. The topological polar surface area (TPSA) is 15.7 Å². The lowest BCUT2D eigenvalue weighted by molar-refractivity contribution is 0.487. The first-order chi connectivity index (χ1) is 29.1. The van der Waals surface area contributed by atoms with Crippen molar-refractivity contribution in [2.24, 2.45) is 0 Å². The minimum absolute atomic E-state index is 0.0974. The Bertz CT molecular complexity index is 3130. The smallest absolute Gasteiger partial charge is 0.137 e. The van der Waals surface area contributed by atoms with Gasteiger partial charge in [0.1, 0.15) is 11.5 Å². The summed E-state index contributed by atoms with van der Waals surface area (Å²) in [5, 5.41) is 4.72. The number of nitrogens with zero attached hydrogens (tertiary/aromatic N) is 2. The molecule has 1 heterocycles. The molecule has 0 fully saturated rings. The monoisotopic (exact) mass is 794 g/mol. The molecule has 4 heteroatoms. The Kier molecular flexibility index (Phi) is 8.27. The number of hydrogen-bond donors (Lipinski definition) is 0. The Morgan fingerprint density at radius 2 is 0.967 bits per heavy atom. The second-order valence-corrected chi connectivity index (χ2v) is 21.5. The number of rotatable bonds is 7. The quantitative estimate of drug-likeness (QED) is 0.149. The summed E-state index contributed by atoms with van der Waals surface area (Å²) in [7, 11) is -0.838. The van der Waals surface area contributed by atoms with E-state index < -0.39 is 10.0 Å². The van der Waals surface area contributed by atoms with Crippen LogP contribution in [-0.2, 0) is 5.41 Å². The highest BCUT2D eigenvalue weighted by Gasteiger charge is 2.36. The van der Waals surface area contributed by atoms with Gasteiger partial charge in [0.05, 0.1) is 0 Å². The highest BCUT2D eigenvalue weighted by atomic mass is 32.3. The SMILES string of the molecule is CC1(C)c2ccccc2-c2ccc(N(c3ccccc3)c3ccc4cc5c6c(cccc6c4c3)Oc3cc(N(c4ccccc4)c4ccc(S(C)(C)C)cc4)ccc3-5)cc21. The van der Waals surface area contributed by atoms with Crippen LogP contribution in [0.3, 0.4) is 0 Å². The van der Waals surface area contributed by atoms with E-state index in [-0.39, 0.29) is 5.41 Å². The third-order valence-corrected chi connectivity index (χ3v) is 14.3. The summed E-state index contributed by atoms with van der Waals surface area (Å²) < 4.78 is 6.90. The standard InChI is InChI=1S/C56H46N2OS/c1-56(2)51-21-13-12-19-45(51)46-31-27-42(35-52(46)56)58(39-17-10-7-11-18-39)41-24-23-37-33-50-47-32-28-43(36-54(47)59-53-22-14-20-48(55(50)53)49(37)34-41)57(38-15-8-6-9-16-38)40-25-29-44(30-26-40)60(3,4)5/h6-36H,1-5H3. The molecule has 292 valence electrons. The van der Waals surface area contributed by atoms with Gasteiger partial charge in [-0.05, 0) is 165 Å². The van der Waals surface area contributed by atoms with Crippen LogP contribution in [0.5, 0.6) is 11.5 Å². The fourth-order valence-corrected chi connectivity index (χ4v) is 10.5. The van der Waals surface area contributed by atoms with Gasteiger partial charge in [-0.1, -0.05) is 98.8 Å². The van der Waals surface area contributed by atoms with Crippen molar-refractivity contribution in [3.63, 3.8) is 0 Å². The molecular weight excluding hydrogens is 749 g/mol. The molecule has 0 bridgehead atoms. The predicted octanol–water partition coefficient (Wildman–Crippen LogP) is 16.1. The van der Waals surface area contributed by atoms with E-state index >= 15 is 0 Å². The molecule has 0 saturated heterocycles. The van der Waals surface area contributed by atoms with Crippen molar-refractivity contribution in [3.8, 4) is 33.8 Å². The second-order valence-electron chi connectivity index (χ2n) is 17.4. The molecule has 9 aromatic rings. The van der Waals surface area contributed by atoms with Crippen LogP contribution in [0, 0.1) is 0 Å². The van der Waals surface area contributed by atoms with E-state index in [0.717, 1.165) is 56.6 Å². The number of para-hydroxylation sites is 2. The van der Waals surface area contributed by atoms with Crippen LogP contribution in [0.2, 0.25) is 0 Å². The Morgan fingerprint density at radius 1 is 0.400 bits per heavy atom. The zero-order chi connectivity index (χ0) is 40.8. The average molecular weight is 795 g/mol. The molecule has 3 nitrogen and oxygen atoms in total. The first-order valence-electron chi connectivity index (χ1n) is 20.7. The lowest BCUT2D eigenvalue weighted by Gasteiger charge is -2.30. The molecule has 0 atom stereocenters. The molecule has 0 N–H and O–H groups in total. The van der Waals surface area contributed by atoms with Gasteiger partial charge in [-0.15, -0.1) is 0 Å². The van der Waals surface area contributed by atoms with Crippen LogP contribution in [-0.4, -0.2) is 18.8 Å².